The highest BCUT2D eigenvalue weighted by atomic mass is 35.5. The molecule has 2 aromatic carbocycles. The molecule has 0 aliphatic carbocycles. The third-order valence-electron chi connectivity index (χ3n) is 4.12. The maximum Gasteiger partial charge on any atom is 0.119 e. The quantitative estimate of drug-likeness (QED) is 0.278. The second-order valence-electron chi connectivity index (χ2n) is 6.21. The molecule has 142 valence electrons. The first-order valence-electron chi connectivity index (χ1n) is 8.96. The Morgan fingerprint density at radius 3 is 2.63 bits per heavy atom. The third-order valence-corrected chi connectivity index (χ3v) is 6.09. The molecule has 6 heteroatoms. The monoisotopic (exact) mass is 420 g/mol. The highest BCUT2D eigenvalue weighted by Gasteiger charge is 2.16. The van der Waals surface area contributed by atoms with Crippen LogP contribution in [0.3, 0.4) is 0 Å². The fraction of sp³-hybridized carbons (Fsp3) is 0.286. The Morgan fingerprint density at radius 2 is 1.96 bits per heavy atom. The summed E-state index contributed by atoms with van der Waals surface area (Å²) < 4.78 is 7.86. The molecule has 3 rings (SSSR count). The number of unbranched alkanes of at least 4 members (excludes halogenated alkanes) is 1. The number of benzene rings is 2. The molecule has 1 heterocycles. The van der Waals surface area contributed by atoms with Crippen molar-refractivity contribution in [1.82, 2.24) is 9.55 Å². The molecule has 1 atom stereocenters. The first kappa shape index (κ1) is 20.1. The number of nitrogens with zero attached hydrogens (tertiary/aromatic N) is 2. The van der Waals surface area contributed by atoms with Crippen molar-refractivity contribution < 1.29 is 4.74 Å². The first-order chi connectivity index (χ1) is 13.2. The molecular formula is C21H22Cl2N2OS. The van der Waals surface area contributed by atoms with Crippen molar-refractivity contribution in [2.45, 2.75) is 36.5 Å². The summed E-state index contributed by atoms with van der Waals surface area (Å²) in [6.45, 7) is 3.70. The fourth-order valence-electron chi connectivity index (χ4n) is 2.63. The van der Waals surface area contributed by atoms with E-state index in [2.05, 4.69) is 28.6 Å². The van der Waals surface area contributed by atoms with Crippen LogP contribution < -0.4 is 4.74 Å². The minimum atomic E-state index is 0.183. The molecule has 27 heavy (non-hydrogen) atoms. The topological polar surface area (TPSA) is 27.1 Å². The number of halogens is 2. The molecule has 3 nitrogen and oxygen atoms in total. The van der Waals surface area contributed by atoms with Gasteiger partial charge >= 0.3 is 0 Å². The molecule has 0 aliphatic heterocycles. The maximum atomic E-state index is 6.39. The molecule has 1 aromatic heterocycles. The van der Waals surface area contributed by atoms with E-state index in [0.29, 0.717) is 10.0 Å². The van der Waals surface area contributed by atoms with Gasteiger partial charge in [0.2, 0.25) is 0 Å². The number of thioether (sulfide) groups is 1. The molecule has 0 fully saturated rings. The average molecular weight is 421 g/mol. The van der Waals surface area contributed by atoms with Crippen molar-refractivity contribution in [2.75, 3.05) is 6.61 Å². The average Bonchev–Trinajstić information content (AvgIpc) is 3.17. The van der Waals surface area contributed by atoms with E-state index in [1.54, 1.807) is 24.0 Å². The predicted molar refractivity (Wildman–Crippen MR) is 114 cm³/mol. The highest BCUT2D eigenvalue weighted by molar-refractivity contribution is 7.99. The fourth-order valence-corrected chi connectivity index (χ4v) is 4.34. The lowest BCUT2D eigenvalue weighted by atomic mass is 10.1. The standard InChI is InChI=1S/C21H22Cl2N2OS/c1-2-3-12-26-18-7-4-16(5-8-18)21(14-25-11-10-24-15-25)27-20-9-6-17(22)13-19(20)23/h4-11,13,15,21H,2-3,12,14H2,1H3. The zero-order valence-electron chi connectivity index (χ0n) is 15.1. The van der Waals surface area contributed by atoms with Crippen LogP contribution in [-0.2, 0) is 6.54 Å². The predicted octanol–water partition coefficient (Wildman–Crippen LogP) is 6.90. The van der Waals surface area contributed by atoms with Crippen LogP contribution in [0, 0.1) is 0 Å². The first-order valence-corrected chi connectivity index (χ1v) is 10.6. The van der Waals surface area contributed by atoms with Crippen LogP contribution >= 0.6 is 35.0 Å². The van der Waals surface area contributed by atoms with Gasteiger partial charge in [0.25, 0.3) is 0 Å². The molecule has 0 aliphatic rings. The van der Waals surface area contributed by atoms with Crippen LogP contribution in [0.15, 0.2) is 66.1 Å². The minimum absolute atomic E-state index is 0.183. The third kappa shape index (κ3) is 5.93. The summed E-state index contributed by atoms with van der Waals surface area (Å²) >= 11 is 14.2. The van der Waals surface area contributed by atoms with Crippen LogP contribution in [0.25, 0.3) is 0 Å². The number of hydrogen-bond acceptors (Lipinski definition) is 3. The van der Waals surface area contributed by atoms with E-state index >= 15 is 0 Å². The summed E-state index contributed by atoms with van der Waals surface area (Å²) in [4.78, 5) is 5.16. The normalized spacial score (nSPS) is 12.1. The molecule has 3 aromatic rings. The number of rotatable bonds is 9. The Hall–Kier alpha value is -1.62. The van der Waals surface area contributed by atoms with Gasteiger partial charge in [-0.2, -0.15) is 0 Å². The largest absolute Gasteiger partial charge is 0.494 e. The van der Waals surface area contributed by atoms with E-state index in [1.807, 2.05) is 36.8 Å². The summed E-state index contributed by atoms with van der Waals surface area (Å²) in [7, 11) is 0. The van der Waals surface area contributed by atoms with E-state index in [1.165, 1.54) is 5.56 Å². The number of imidazole rings is 1. The van der Waals surface area contributed by atoms with Gasteiger partial charge in [-0.15, -0.1) is 11.8 Å². The zero-order chi connectivity index (χ0) is 19.1. The van der Waals surface area contributed by atoms with Crippen molar-refractivity contribution in [3.63, 3.8) is 0 Å². The van der Waals surface area contributed by atoms with Gasteiger partial charge in [-0.1, -0.05) is 48.7 Å². The zero-order valence-corrected chi connectivity index (χ0v) is 17.5. The van der Waals surface area contributed by atoms with Gasteiger partial charge in [-0.3, -0.25) is 0 Å². The molecule has 0 saturated heterocycles. The lowest BCUT2D eigenvalue weighted by molar-refractivity contribution is 0.309. The van der Waals surface area contributed by atoms with Crippen molar-refractivity contribution in [2.24, 2.45) is 0 Å². The summed E-state index contributed by atoms with van der Waals surface area (Å²) in [5, 5.41) is 1.49. The summed E-state index contributed by atoms with van der Waals surface area (Å²) in [6, 6.07) is 13.9. The van der Waals surface area contributed by atoms with E-state index in [9.17, 15) is 0 Å². The SMILES string of the molecule is CCCCOc1ccc(C(Cn2ccnc2)Sc2ccc(Cl)cc2Cl)cc1. The lowest BCUT2D eigenvalue weighted by Gasteiger charge is -2.19. The summed E-state index contributed by atoms with van der Waals surface area (Å²) in [5.74, 6) is 0.906. The molecule has 0 saturated carbocycles. The van der Waals surface area contributed by atoms with E-state index in [-0.39, 0.29) is 5.25 Å². The molecule has 0 amide bonds. The second kappa shape index (κ2) is 10.1. The molecule has 0 spiro atoms. The smallest absolute Gasteiger partial charge is 0.119 e. The van der Waals surface area contributed by atoms with E-state index < -0.39 is 0 Å². The molecule has 0 N–H and O–H groups in total. The van der Waals surface area contributed by atoms with Gasteiger partial charge in [-0.25, -0.2) is 4.98 Å². The van der Waals surface area contributed by atoms with Gasteiger partial charge in [0, 0.05) is 28.9 Å². The van der Waals surface area contributed by atoms with Gasteiger partial charge in [0.05, 0.1) is 23.2 Å². The van der Waals surface area contributed by atoms with E-state index in [0.717, 1.165) is 36.6 Å². The van der Waals surface area contributed by atoms with Crippen molar-refractivity contribution in [1.29, 1.82) is 0 Å². The summed E-state index contributed by atoms with van der Waals surface area (Å²) in [5.41, 5.74) is 1.21. The molecule has 0 bridgehead atoms. The summed E-state index contributed by atoms with van der Waals surface area (Å²) in [6.07, 6.45) is 7.79. The van der Waals surface area contributed by atoms with Crippen LogP contribution in [0.5, 0.6) is 5.75 Å². The highest BCUT2D eigenvalue weighted by Crippen LogP contribution is 2.41. The molecular weight excluding hydrogens is 399 g/mol. The van der Waals surface area contributed by atoms with Crippen LogP contribution in [0.2, 0.25) is 10.0 Å². The maximum absolute atomic E-state index is 6.39. The Morgan fingerprint density at radius 1 is 1.15 bits per heavy atom. The van der Waals surface area contributed by atoms with Crippen molar-refractivity contribution in [3.05, 3.63) is 76.8 Å². The number of ether oxygens (including phenoxy) is 1. The second-order valence-corrected chi connectivity index (χ2v) is 8.30. The van der Waals surface area contributed by atoms with Gasteiger partial charge < -0.3 is 9.30 Å². The number of hydrogen-bond donors (Lipinski definition) is 0. The van der Waals surface area contributed by atoms with Crippen LogP contribution in [0.1, 0.15) is 30.6 Å². The van der Waals surface area contributed by atoms with Crippen LogP contribution in [-0.4, -0.2) is 16.2 Å². The minimum Gasteiger partial charge on any atom is -0.494 e. The van der Waals surface area contributed by atoms with Crippen LogP contribution in [0.4, 0.5) is 0 Å². The molecule has 0 radical (unpaired) electrons. The van der Waals surface area contributed by atoms with Gasteiger partial charge in [0.1, 0.15) is 5.75 Å². The van der Waals surface area contributed by atoms with E-state index in [4.69, 9.17) is 27.9 Å². The lowest BCUT2D eigenvalue weighted by Crippen LogP contribution is -2.05. The van der Waals surface area contributed by atoms with Gasteiger partial charge in [0.15, 0.2) is 0 Å². The molecule has 1 unspecified atom stereocenters. The Balaban J connectivity index is 1.78. The Labute approximate surface area is 174 Å². The van der Waals surface area contributed by atoms with Gasteiger partial charge in [-0.05, 0) is 42.3 Å². The van der Waals surface area contributed by atoms with Crippen molar-refractivity contribution >= 4 is 35.0 Å². The Bertz CT molecular complexity index is 838. The van der Waals surface area contributed by atoms with Crippen molar-refractivity contribution in [3.8, 4) is 5.75 Å². The number of aromatic nitrogens is 2. The Kier molecular flexibility index (Phi) is 7.50.